The summed E-state index contributed by atoms with van der Waals surface area (Å²) in [6.45, 7) is 4.07. The number of carbonyl (C=O) groups is 2. The molecule has 0 aliphatic heterocycles. The third-order valence-corrected chi connectivity index (χ3v) is 2.21. The van der Waals surface area contributed by atoms with Crippen molar-refractivity contribution < 1.29 is 9.59 Å². The van der Waals surface area contributed by atoms with Crippen molar-refractivity contribution in [1.29, 1.82) is 0 Å². The number of rotatable bonds is 7. The Balaban J connectivity index is 1.88. The summed E-state index contributed by atoms with van der Waals surface area (Å²) in [6.07, 6.45) is 2.05. The van der Waals surface area contributed by atoms with Crippen LogP contribution in [0.15, 0.2) is 0 Å². The second-order valence-electron chi connectivity index (χ2n) is 3.70. The van der Waals surface area contributed by atoms with Crippen LogP contribution in [-0.4, -0.2) is 38.0 Å². The summed E-state index contributed by atoms with van der Waals surface area (Å²) < 4.78 is 0. The van der Waals surface area contributed by atoms with E-state index < -0.39 is 0 Å². The zero-order chi connectivity index (χ0) is 11.1. The van der Waals surface area contributed by atoms with E-state index in [1.165, 1.54) is 0 Å². The molecule has 15 heavy (non-hydrogen) atoms. The molecule has 0 aromatic rings. The largest absolute Gasteiger partial charge is 0.355 e. The third-order valence-electron chi connectivity index (χ3n) is 2.21. The van der Waals surface area contributed by atoms with Gasteiger partial charge in [-0.25, -0.2) is 0 Å². The quantitative estimate of drug-likeness (QED) is 0.487. The highest BCUT2D eigenvalue weighted by atomic mass is 16.2. The van der Waals surface area contributed by atoms with Crippen molar-refractivity contribution in [3.63, 3.8) is 0 Å². The van der Waals surface area contributed by atoms with Gasteiger partial charge in [-0.1, -0.05) is 0 Å². The Hall–Kier alpha value is -1.10. The average Bonchev–Trinajstić information content (AvgIpc) is 3.00. The van der Waals surface area contributed by atoms with Crippen LogP contribution < -0.4 is 16.0 Å². The van der Waals surface area contributed by atoms with E-state index >= 15 is 0 Å². The molecule has 0 spiro atoms. The molecular formula is C10H19N3O2. The fourth-order valence-corrected chi connectivity index (χ4v) is 1.23. The van der Waals surface area contributed by atoms with Crippen molar-refractivity contribution in [3.8, 4) is 0 Å². The van der Waals surface area contributed by atoms with Gasteiger partial charge >= 0.3 is 0 Å². The lowest BCUT2D eigenvalue weighted by molar-refractivity contribution is -0.122. The zero-order valence-corrected chi connectivity index (χ0v) is 9.14. The van der Waals surface area contributed by atoms with E-state index in [9.17, 15) is 9.59 Å². The molecule has 5 nitrogen and oxygen atoms in total. The fourth-order valence-electron chi connectivity index (χ4n) is 1.23. The van der Waals surface area contributed by atoms with Crippen LogP contribution in [0.1, 0.15) is 19.8 Å². The zero-order valence-electron chi connectivity index (χ0n) is 9.14. The van der Waals surface area contributed by atoms with E-state index in [2.05, 4.69) is 16.0 Å². The summed E-state index contributed by atoms with van der Waals surface area (Å²) in [5.41, 5.74) is 0. The maximum atomic E-state index is 11.2. The molecule has 1 rings (SSSR count). The molecule has 1 saturated carbocycles. The summed E-state index contributed by atoms with van der Waals surface area (Å²) >= 11 is 0. The van der Waals surface area contributed by atoms with Gasteiger partial charge in [0.2, 0.25) is 11.8 Å². The van der Waals surface area contributed by atoms with Crippen LogP contribution in [-0.2, 0) is 9.59 Å². The normalized spacial score (nSPS) is 14.7. The van der Waals surface area contributed by atoms with E-state index in [0.717, 1.165) is 12.8 Å². The van der Waals surface area contributed by atoms with Gasteiger partial charge in [0.1, 0.15) is 0 Å². The Bertz CT molecular complexity index is 227. The molecule has 0 saturated heterocycles. The highest BCUT2D eigenvalue weighted by molar-refractivity contribution is 5.80. The van der Waals surface area contributed by atoms with Crippen LogP contribution in [0.5, 0.6) is 0 Å². The van der Waals surface area contributed by atoms with Gasteiger partial charge < -0.3 is 16.0 Å². The molecule has 3 N–H and O–H groups in total. The second kappa shape index (κ2) is 6.40. The summed E-state index contributed by atoms with van der Waals surface area (Å²) in [6, 6.07) is 0. The van der Waals surface area contributed by atoms with Gasteiger partial charge in [0, 0.05) is 25.6 Å². The molecule has 0 atom stereocenters. The molecule has 0 aromatic heterocycles. The lowest BCUT2D eigenvalue weighted by Crippen LogP contribution is -2.38. The van der Waals surface area contributed by atoms with E-state index in [0.29, 0.717) is 26.2 Å². The third kappa shape index (κ3) is 5.37. The molecule has 0 bridgehead atoms. The molecule has 1 aliphatic carbocycles. The molecule has 0 heterocycles. The number of hydrogen-bond donors (Lipinski definition) is 3. The molecule has 1 aliphatic rings. The minimum atomic E-state index is -0.00832. The Morgan fingerprint density at radius 1 is 1.20 bits per heavy atom. The number of carbonyl (C=O) groups excluding carboxylic acids is 2. The molecule has 2 amide bonds. The van der Waals surface area contributed by atoms with Crippen LogP contribution in [0.4, 0.5) is 0 Å². The minimum absolute atomic E-state index is 0.00832. The summed E-state index contributed by atoms with van der Waals surface area (Å²) in [5, 5.41) is 8.46. The minimum Gasteiger partial charge on any atom is -0.355 e. The van der Waals surface area contributed by atoms with Gasteiger partial charge in [0.15, 0.2) is 0 Å². The van der Waals surface area contributed by atoms with Gasteiger partial charge in [-0.05, 0) is 19.8 Å². The predicted molar refractivity (Wildman–Crippen MR) is 57.3 cm³/mol. The van der Waals surface area contributed by atoms with Crippen molar-refractivity contribution >= 4 is 11.8 Å². The van der Waals surface area contributed by atoms with E-state index in [1.54, 1.807) is 0 Å². The van der Waals surface area contributed by atoms with Crippen molar-refractivity contribution in [1.82, 2.24) is 16.0 Å². The van der Waals surface area contributed by atoms with Crippen LogP contribution >= 0.6 is 0 Å². The Kier molecular flexibility index (Phi) is 5.10. The van der Waals surface area contributed by atoms with Crippen molar-refractivity contribution in [2.45, 2.75) is 19.8 Å². The van der Waals surface area contributed by atoms with Gasteiger partial charge in [-0.2, -0.15) is 0 Å². The topological polar surface area (TPSA) is 70.2 Å². The highest BCUT2D eigenvalue weighted by Crippen LogP contribution is 2.28. The molecule has 86 valence electrons. The van der Waals surface area contributed by atoms with Gasteiger partial charge in [-0.15, -0.1) is 0 Å². The molecule has 0 radical (unpaired) electrons. The molecule has 0 unspecified atom stereocenters. The van der Waals surface area contributed by atoms with Gasteiger partial charge in [-0.3, -0.25) is 9.59 Å². The Morgan fingerprint density at radius 3 is 2.53 bits per heavy atom. The lowest BCUT2D eigenvalue weighted by atomic mass is 10.4. The summed E-state index contributed by atoms with van der Waals surface area (Å²) in [7, 11) is 0. The van der Waals surface area contributed by atoms with E-state index in [4.69, 9.17) is 0 Å². The van der Waals surface area contributed by atoms with Crippen molar-refractivity contribution in [3.05, 3.63) is 0 Å². The lowest BCUT2D eigenvalue weighted by Gasteiger charge is -2.06. The van der Waals surface area contributed by atoms with E-state index in [-0.39, 0.29) is 17.7 Å². The Morgan fingerprint density at radius 2 is 1.93 bits per heavy atom. The highest BCUT2D eigenvalue weighted by Gasteiger charge is 2.28. The van der Waals surface area contributed by atoms with Crippen LogP contribution in [0.25, 0.3) is 0 Å². The van der Waals surface area contributed by atoms with Crippen LogP contribution in [0.2, 0.25) is 0 Å². The first-order valence-corrected chi connectivity index (χ1v) is 5.49. The van der Waals surface area contributed by atoms with Crippen LogP contribution in [0, 0.1) is 5.92 Å². The molecular weight excluding hydrogens is 194 g/mol. The SMILES string of the molecule is CCNC(=O)CNCCNC(=O)C1CC1. The van der Waals surface area contributed by atoms with Gasteiger partial charge in [0.25, 0.3) is 0 Å². The van der Waals surface area contributed by atoms with Crippen molar-refractivity contribution in [2.75, 3.05) is 26.2 Å². The number of likely N-dealkylation sites (N-methyl/N-ethyl adjacent to an activating group) is 1. The predicted octanol–water partition coefficient (Wildman–Crippen LogP) is -0.762. The molecule has 1 fully saturated rings. The number of hydrogen-bond acceptors (Lipinski definition) is 3. The molecule has 0 aromatic carbocycles. The maximum absolute atomic E-state index is 11.2. The number of nitrogens with one attached hydrogen (secondary N) is 3. The van der Waals surface area contributed by atoms with E-state index in [1.807, 2.05) is 6.92 Å². The Labute approximate surface area is 90.0 Å². The fraction of sp³-hybridized carbons (Fsp3) is 0.800. The first kappa shape index (κ1) is 12.0. The second-order valence-corrected chi connectivity index (χ2v) is 3.70. The summed E-state index contributed by atoms with van der Waals surface area (Å²) in [4.78, 5) is 22.2. The average molecular weight is 213 g/mol. The standard InChI is InChI=1S/C10H19N3O2/c1-2-12-9(14)7-11-5-6-13-10(15)8-3-4-8/h8,11H,2-7H2,1H3,(H,12,14)(H,13,15). The smallest absolute Gasteiger partial charge is 0.233 e. The van der Waals surface area contributed by atoms with Crippen LogP contribution in [0.3, 0.4) is 0 Å². The van der Waals surface area contributed by atoms with Crippen molar-refractivity contribution in [2.24, 2.45) is 5.92 Å². The summed E-state index contributed by atoms with van der Waals surface area (Å²) in [5.74, 6) is 0.397. The monoisotopic (exact) mass is 213 g/mol. The first-order chi connectivity index (χ1) is 7.24. The number of amides is 2. The molecule has 5 heteroatoms. The maximum Gasteiger partial charge on any atom is 0.233 e. The first-order valence-electron chi connectivity index (χ1n) is 5.49. The van der Waals surface area contributed by atoms with Gasteiger partial charge in [0.05, 0.1) is 6.54 Å².